The van der Waals surface area contributed by atoms with E-state index in [-0.39, 0.29) is 10.8 Å². The number of nitrogens with two attached hydrogens (primary N) is 1. The summed E-state index contributed by atoms with van der Waals surface area (Å²) in [5.41, 5.74) is 9.56. The molecule has 1 aliphatic heterocycles. The van der Waals surface area contributed by atoms with Gasteiger partial charge in [-0.3, -0.25) is 9.59 Å². The molecule has 0 spiro atoms. The van der Waals surface area contributed by atoms with Crippen molar-refractivity contribution in [2.24, 2.45) is 5.73 Å². The zero-order valence-electron chi connectivity index (χ0n) is 16.1. The first-order chi connectivity index (χ1) is 14.2. The third kappa shape index (κ3) is 3.77. The van der Waals surface area contributed by atoms with Gasteiger partial charge in [0, 0.05) is 11.8 Å². The van der Waals surface area contributed by atoms with Gasteiger partial charge in [0.05, 0.1) is 27.5 Å². The number of anilines is 3. The van der Waals surface area contributed by atoms with Gasteiger partial charge in [-0.1, -0.05) is 24.3 Å². The van der Waals surface area contributed by atoms with Crippen LogP contribution in [-0.2, 0) is 16.3 Å². The minimum Gasteiger partial charge on any atom is -0.366 e. The number of hydrogen-bond acceptors (Lipinski definition) is 5. The van der Waals surface area contributed by atoms with Gasteiger partial charge in [-0.05, 0) is 53.9 Å². The van der Waals surface area contributed by atoms with Gasteiger partial charge in [0.25, 0.3) is 5.91 Å². The van der Waals surface area contributed by atoms with Gasteiger partial charge in [0.15, 0.2) is 9.84 Å². The van der Waals surface area contributed by atoms with E-state index in [0.717, 1.165) is 17.4 Å². The third-order valence-electron chi connectivity index (χ3n) is 4.95. The average Bonchev–Trinajstić information content (AvgIpc) is 2.83. The van der Waals surface area contributed by atoms with Crippen molar-refractivity contribution in [1.82, 2.24) is 0 Å². The first-order valence-electron chi connectivity index (χ1n) is 9.15. The lowest BCUT2D eigenvalue weighted by Crippen LogP contribution is -2.15. The molecule has 30 heavy (non-hydrogen) atoms. The molecule has 152 valence electrons. The van der Waals surface area contributed by atoms with Crippen molar-refractivity contribution < 1.29 is 18.0 Å². The fourth-order valence-electron chi connectivity index (χ4n) is 3.43. The maximum atomic E-state index is 13.0. The molecule has 0 bridgehead atoms. The molecule has 3 aromatic carbocycles. The number of carbonyl (C=O) groups is 2. The summed E-state index contributed by atoms with van der Waals surface area (Å²) in [6, 6.07) is 17.0. The topological polar surface area (TPSA) is 118 Å². The maximum absolute atomic E-state index is 13.0. The predicted molar refractivity (Wildman–Crippen MR) is 115 cm³/mol. The summed E-state index contributed by atoms with van der Waals surface area (Å²) in [5, 5.41) is 6.08. The van der Waals surface area contributed by atoms with Crippen LogP contribution < -0.4 is 16.4 Å². The van der Waals surface area contributed by atoms with Crippen LogP contribution in [0.5, 0.6) is 0 Å². The number of benzene rings is 3. The van der Waals surface area contributed by atoms with E-state index in [0.29, 0.717) is 34.6 Å². The second kappa shape index (κ2) is 7.31. The molecular formula is C22H19N3O4S. The van der Waals surface area contributed by atoms with Crippen LogP contribution in [0.1, 0.15) is 31.8 Å². The van der Waals surface area contributed by atoms with Crippen molar-refractivity contribution >= 4 is 38.7 Å². The minimum atomic E-state index is -3.27. The van der Waals surface area contributed by atoms with E-state index < -0.39 is 15.7 Å². The monoisotopic (exact) mass is 421 g/mol. The summed E-state index contributed by atoms with van der Waals surface area (Å²) in [7, 11) is -3.27. The second-order valence-corrected chi connectivity index (χ2v) is 9.15. The quantitative estimate of drug-likeness (QED) is 0.598. The molecule has 0 aromatic heterocycles. The Labute approximate surface area is 173 Å². The number of fused-ring (bicyclic) bond motifs is 2. The van der Waals surface area contributed by atoms with E-state index in [1.54, 1.807) is 36.4 Å². The molecule has 3 aromatic rings. The van der Waals surface area contributed by atoms with Crippen molar-refractivity contribution in [2.75, 3.05) is 16.9 Å². The van der Waals surface area contributed by atoms with Crippen LogP contribution in [0.3, 0.4) is 0 Å². The van der Waals surface area contributed by atoms with Crippen LogP contribution in [0.25, 0.3) is 0 Å². The highest BCUT2D eigenvalue weighted by Crippen LogP contribution is 2.34. The van der Waals surface area contributed by atoms with Crippen LogP contribution in [0.15, 0.2) is 65.6 Å². The minimum absolute atomic E-state index is 0.248. The smallest absolute Gasteiger partial charge is 0.258 e. The van der Waals surface area contributed by atoms with Gasteiger partial charge in [-0.25, -0.2) is 8.42 Å². The van der Waals surface area contributed by atoms with Crippen molar-refractivity contribution in [3.8, 4) is 0 Å². The van der Waals surface area contributed by atoms with Crippen LogP contribution in [-0.4, -0.2) is 26.5 Å². The molecular weight excluding hydrogens is 402 g/mol. The van der Waals surface area contributed by atoms with Gasteiger partial charge in [0.1, 0.15) is 0 Å². The second-order valence-electron chi connectivity index (χ2n) is 7.14. The van der Waals surface area contributed by atoms with E-state index in [2.05, 4.69) is 10.6 Å². The lowest BCUT2D eigenvalue weighted by Gasteiger charge is -2.12. The number of sulfone groups is 1. The summed E-state index contributed by atoms with van der Waals surface area (Å²) < 4.78 is 23.3. The first kappa shape index (κ1) is 19.7. The molecule has 0 unspecified atom stereocenters. The van der Waals surface area contributed by atoms with Crippen molar-refractivity contribution in [2.45, 2.75) is 11.3 Å². The molecule has 0 aliphatic carbocycles. The Morgan fingerprint density at radius 3 is 2.33 bits per heavy atom. The highest BCUT2D eigenvalue weighted by molar-refractivity contribution is 7.90. The van der Waals surface area contributed by atoms with E-state index in [1.807, 2.05) is 18.2 Å². The van der Waals surface area contributed by atoms with Gasteiger partial charge < -0.3 is 16.4 Å². The third-order valence-corrected chi connectivity index (χ3v) is 6.07. The summed E-state index contributed by atoms with van der Waals surface area (Å²) in [4.78, 5) is 24.7. The first-order valence-corrected chi connectivity index (χ1v) is 11.0. The molecule has 7 nitrogen and oxygen atoms in total. The average molecular weight is 421 g/mol. The Kier molecular flexibility index (Phi) is 4.79. The number of rotatable bonds is 4. The fourth-order valence-corrected chi connectivity index (χ4v) is 4.06. The number of nitrogens with one attached hydrogen (secondary N) is 2. The van der Waals surface area contributed by atoms with Gasteiger partial charge in [-0.15, -0.1) is 0 Å². The Morgan fingerprint density at radius 1 is 0.933 bits per heavy atom. The largest absolute Gasteiger partial charge is 0.366 e. The number of hydrogen-bond donors (Lipinski definition) is 3. The molecule has 1 aliphatic rings. The van der Waals surface area contributed by atoms with E-state index in [4.69, 9.17) is 5.73 Å². The van der Waals surface area contributed by atoms with Gasteiger partial charge in [-0.2, -0.15) is 0 Å². The van der Waals surface area contributed by atoms with Gasteiger partial charge >= 0.3 is 0 Å². The summed E-state index contributed by atoms with van der Waals surface area (Å²) in [6.45, 7) is 0. The summed E-state index contributed by atoms with van der Waals surface area (Å²) >= 11 is 0. The standard InChI is InChI=1S/C22H19N3O4S/c1-30(28,29)16-8-5-13(6-9-16)11-14-3-2-4-18-20(14)22(27)25-19-12-15(21(23)26)7-10-17(19)24-18/h2-10,12,24H,11H2,1H3,(H2,23,26)(H,25,27). The molecule has 0 radical (unpaired) electrons. The van der Waals surface area contributed by atoms with Crippen molar-refractivity contribution in [1.29, 1.82) is 0 Å². The van der Waals surface area contributed by atoms with E-state index >= 15 is 0 Å². The zero-order chi connectivity index (χ0) is 21.5. The molecule has 4 N–H and O–H groups in total. The zero-order valence-corrected chi connectivity index (χ0v) is 16.9. The molecule has 0 saturated heterocycles. The Hall–Kier alpha value is -3.65. The Balaban J connectivity index is 1.69. The van der Waals surface area contributed by atoms with Crippen LogP contribution in [0.4, 0.5) is 17.1 Å². The number of primary amides is 1. The Bertz CT molecular complexity index is 1280. The highest BCUT2D eigenvalue weighted by atomic mass is 32.2. The predicted octanol–water partition coefficient (Wildman–Crippen LogP) is 3.09. The van der Waals surface area contributed by atoms with Crippen LogP contribution in [0.2, 0.25) is 0 Å². The molecule has 0 atom stereocenters. The van der Waals surface area contributed by atoms with Crippen LogP contribution in [0, 0.1) is 0 Å². The molecule has 8 heteroatoms. The van der Waals surface area contributed by atoms with Gasteiger partial charge in [0.2, 0.25) is 5.91 Å². The van der Waals surface area contributed by atoms with Crippen molar-refractivity contribution in [3.63, 3.8) is 0 Å². The summed E-state index contributed by atoms with van der Waals surface area (Å²) in [6.07, 6.45) is 1.61. The van der Waals surface area contributed by atoms with Crippen LogP contribution >= 0.6 is 0 Å². The molecule has 1 heterocycles. The highest BCUT2D eigenvalue weighted by Gasteiger charge is 2.23. The molecule has 0 saturated carbocycles. The molecule has 0 fully saturated rings. The molecule has 4 rings (SSSR count). The number of amides is 2. The maximum Gasteiger partial charge on any atom is 0.258 e. The van der Waals surface area contributed by atoms with Crippen molar-refractivity contribution in [3.05, 3.63) is 82.9 Å². The van der Waals surface area contributed by atoms with E-state index in [1.165, 1.54) is 6.07 Å². The lowest BCUT2D eigenvalue weighted by atomic mass is 9.98. The lowest BCUT2D eigenvalue weighted by molar-refractivity contribution is 0.0996. The molecule has 2 amide bonds. The SMILES string of the molecule is CS(=O)(=O)c1ccc(Cc2cccc3c2C(=O)Nc2cc(C(N)=O)ccc2N3)cc1. The fraction of sp³-hybridized carbons (Fsp3) is 0.0909. The summed E-state index contributed by atoms with van der Waals surface area (Å²) in [5.74, 6) is -0.881. The van der Waals surface area contributed by atoms with E-state index in [9.17, 15) is 18.0 Å². The normalized spacial score (nSPS) is 12.8. The number of carbonyl (C=O) groups excluding carboxylic acids is 2. The Morgan fingerprint density at radius 2 is 1.67 bits per heavy atom.